The number of amides is 1. The monoisotopic (exact) mass is 185 g/mol. The van der Waals surface area contributed by atoms with Gasteiger partial charge in [0.1, 0.15) is 5.69 Å². The van der Waals surface area contributed by atoms with E-state index in [0.717, 1.165) is 0 Å². The fourth-order valence-electron chi connectivity index (χ4n) is 0.790. The Morgan fingerprint density at radius 2 is 2.46 bits per heavy atom. The van der Waals surface area contributed by atoms with Gasteiger partial charge in [0, 0.05) is 12.7 Å². The minimum absolute atomic E-state index is 0.158. The molecule has 0 aliphatic rings. The fourth-order valence-corrected chi connectivity index (χ4v) is 0.790. The van der Waals surface area contributed by atoms with Crippen LogP contribution in [-0.2, 0) is 0 Å². The number of aliphatic hydroxyl groups excluding tert-OH is 1. The lowest BCUT2D eigenvalue weighted by atomic mass is 10.4. The number of rotatable bonds is 3. The van der Waals surface area contributed by atoms with Crippen molar-refractivity contribution in [2.75, 3.05) is 6.54 Å². The zero-order valence-corrected chi connectivity index (χ0v) is 7.13. The molecule has 4 N–H and O–H groups in total. The number of H-pyrrole nitrogens is 2. The molecule has 0 aromatic carbocycles. The number of hydrogen-bond donors (Lipinski definition) is 4. The molecule has 13 heavy (non-hydrogen) atoms. The molecule has 1 rings (SSSR count). The van der Waals surface area contributed by atoms with Gasteiger partial charge in [-0.05, 0) is 6.92 Å². The summed E-state index contributed by atoms with van der Waals surface area (Å²) in [7, 11) is 0. The molecule has 0 radical (unpaired) electrons. The molecular formula is C7H11N3O3. The van der Waals surface area contributed by atoms with E-state index in [-0.39, 0.29) is 12.2 Å². The first-order valence-electron chi connectivity index (χ1n) is 3.83. The van der Waals surface area contributed by atoms with E-state index in [9.17, 15) is 9.59 Å². The van der Waals surface area contributed by atoms with Crippen molar-refractivity contribution in [1.29, 1.82) is 0 Å². The predicted octanol–water partition coefficient (Wildman–Crippen LogP) is -1.19. The molecule has 0 saturated carbocycles. The molecule has 1 atom stereocenters. The van der Waals surface area contributed by atoms with Crippen molar-refractivity contribution < 1.29 is 9.90 Å². The molecule has 1 aromatic heterocycles. The Balaban J connectivity index is 2.54. The predicted molar refractivity (Wildman–Crippen MR) is 45.4 cm³/mol. The van der Waals surface area contributed by atoms with E-state index in [2.05, 4.69) is 15.3 Å². The second-order valence-electron chi connectivity index (χ2n) is 2.72. The summed E-state index contributed by atoms with van der Waals surface area (Å²) < 4.78 is 0. The number of carbonyl (C=O) groups excluding carboxylic acids is 1. The second kappa shape index (κ2) is 3.90. The highest BCUT2D eigenvalue weighted by Gasteiger charge is 2.07. The van der Waals surface area contributed by atoms with E-state index in [1.165, 1.54) is 6.20 Å². The second-order valence-corrected chi connectivity index (χ2v) is 2.72. The van der Waals surface area contributed by atoms with Crippen LogP contribution in [0.25, 0.3) is 0 Å². The van der Waals surface area contributed by atoms with Gasteiger partial charge in [-0.15, -0.1) is 0 Å². The molecule has 6 nitrogen and oxygen atoms in total. The van der Waals surface area contributed by atoms with Gasteiger partial charge in [0.2, 0.25) is 0 Å². The lowest BCUT2D eigenvalue weighted by Gasteiger charge is -2.04. The van der Waals surface area contributed by atoms with E-state index >= 15 is 0 Å². The quantitative estimate of drug-likeness (QED) is 0.476. The highest BCUT2D eigenvalue weighted by molar-refractivity contribution is 5.91. The molecule has 0 saturated heterocycles. The van der Waals surface area contributed by atoms with Crippen LogP contribution >= 0.6 is 0 Å². The molecule has 1 heterocycles. The van der Waals surface area contributed by atoms with Gasteiger partial charge in [-0.1, -0.05) is 0 Å². The summed E-state index contributed by atoms with van der Waals surface area (Å²) in [4.78, 5) is 26.3. The Hall–Kier alpha value is -1.56. The van der Waals surface area contributed by atoms with Crippen LogP contribution in [0.15, 0.2) is 11.0 Å². The van der Waals surface area contributed by atoms with Gasteiger partial charge in [0.15, 0.2) is 0 Å². The van der Waals surface area contributed by atoms with E-state index in [1.807, 2.05) is 0 Å². The normalized spacial score (nSPS) is 12.5. The Morgan fingerprint density at radius 3 is 2.92 bits per heavy atom. The van der Waals surface area contributed by atoms with Crippen molar-refractivity contribution in [1.82, 2.24) is 15.3 Å². The number of imidazole rings is 1. The number of hydrogen-bond acceptors (Lipinski definition) is 3. The first kappa shape index (κ1) is 9.53. The van der Waals surface area contributed by atoms with Crippen molar-refractivity contribution in [2.24, 2.45) is 0 Å². The maximum atomic E-state index is 11.2. The number of aliphatic hydroxyl groups is 1. The molecular weight excluding hydrogens is 174 g/mol. The minimum Gasteiger partial charge on any atom is -0.392 e. The van der Waals surface area contributed by atoms with Crippen LogP contribution in [-0.4, -0.2) is 33.6 Å². The number of carbonyl (C=O) groups is 1. The topological polar surface area (TPSA) is 98.0 Å². The van der Waals surface area contributed by atoms with Crippen LogP contribution in [0, 0.1) is 0 Å². The SMILES string of the molecule is C[C@@H](O)CNC(=O)c1c[nH]c(=O)[nH]1. The molecule has 0 aliphatic heterocycles. The van der Waals surface area contributed by atoms with Crippen molar-refractivity contribution in [3.63, 3.8) is 0 Å². The fraction of sp³-hybridized carbons (Fsp3) is 0.429. The largest absolute Gasteiger partial charge is 0.392 e. The summed E-state index contributed by atoms with van der Waals surface area (Å²) in [5, 5.41) is 11.3. The maximum absolute atomic E-state index is 11.2. The van der Waals surface area contributed by atoms with E-state index < -0.39 is 17.7 Å². The molecule has 1 aromatic rings. The lowest BCUT2D eigenvalue weighted by Crippen LogP contribution is -2.31. The van der Waals surface area contributed by atoms with E-state index in [0.29, 0.717) is 0 Å². The van der Waals surface area contributed by atoms with Gasteiger partial charge in [-0.3, -0.25) is 4.79 Å². The molecule has 0 unspecified atom stereocenters. The standard InChI is InChI=1S/C7H11N3O3/c1-4(11)2-8-6(12)5-3-9-7(13)10-5/h3-4,11H,2H2,1H3,(H,8,12)(H2,9,10,13)/t4-/m1/s1. The average molecular weight is 185 g/mol. The molecule has 0 bridgehead atoms. The molecule has 0 spiro atoms. The summed E-state index contributed by atoms with van der Waals surface area (Å²) >= 11 is 0. The molecule has 72 valence electrons. The first-order chi connectivity index (χ1) is 6.09. The third kappa shape index (κ3) is 2.75. The Kier molecular flexibility index (Phi) is 2.86. The van der Waals surface area contributed by atoms with Crippen molar-refractivity contribution in [2.45, 2.75) is 13.0 Å². The van der Waals surface area contributed by atoms with Crippen molar-refractivity contribution >= 4 is 5.91 Å². The van der Waals surface area contributed by atoms with Crippen molar-refractivity contribution in [3.8, 4) is 0 Å². The van der Waals surface area contributed by atoms with E-state index in [1.54, 1.807) is 6.92 Å². The van der Waals surface area contributed by atoms with Gasteiger partial charge in [0.25, 0.3) is 5.91 Å². The summed E-state index contributed by atoms with van der Waals surface area (Å²) in [5.74, 6) is -0.417. The first-order valence-corrected chi connectivity index (χ1v) is 3.83. The summed E-state index contributed by atoms with van der Waals surface area (Å²) in [6, 6.07) is 0. The van der Waals surface area contributed by atoms with Crippen molar-refractivity contribution in [3.05, 3.63) is 22.4 Å². The van der Waals surface area contributed by atoms with Gasteiger partial charge in [-0.2, -0.15) is 0 Å². The van der Waals surface area contributed by atoms with E-state index in [4.69, 9.17) is 5.11 Å². The Morgan fingerprint density at radius 1 is 1.77 bits per heavy atom. The summed E-state index contributed by atoms with van der Waals surface area (Å²) in [6.45, 7) is 1.71. The van der Waals surface area contributed by atoms with Crippen LogP contribution < -0.4 is 11.0 Å². The smallest absolute Gasteiger partial charge is 0.323 e. The van der Waals surface area contributed by atoms with Crippen LogP contribution in [0.1, 0.15) is 17.4 Å². The maximum Gasteiger partial charge on any atom is 0.323 e. The summed E-state index contributed by atoms with van der Waals surface area (Å²) in [6.07, 6.45) is 0.675. The van der Waals surface area contributed by atoms with Crippen LogP contribution in [0.2, 0.25) is 0 Å². The zero-order valence-electron chi connectivity index (χ0n) is 7.13. The number of nitrogens with one attached hydrogen (secondary N) is 3. The number of aromatic amines is 2. The summed E-state index contributed by atoms with van der Waals surface area (Å²) in [5.41, 5.74) is -0.271. The van der Waals surface area contributed by atoms with Gasteiger partial charge in [-0.25, -0.2) is 4.79 Å². The van der Waals surface area contributed by atoms with Crippen LogP contribution in [0.4, 0.5) is 0 Å². The molecule has 0 aliphatic carbocycles. The Labute approximate surface area is 74.0 Å². The average Bonchev–Trinajstić information content (AvgIpc) is 2.47. The van der Waals surface area contributed by atoms with Crippen LogP contribution in [0.3, 0.4) is 0 Å². The van der Waals surface area contributed by atoms with Gasteiger partial charge < -0.3 is 20.4 Å². The number of aromatic nitrogens is 2. The molecule has 6 heteroatoms. The minimum atomic E-state index is -0.602. The van der Waals surface area contributed by atoms with Gasteiger partial charge >= 0.3 is 5.69 Å². The highest BCUT2D eigenvalue weighted by atomic mass is 16.3. The highest BCUT2D eigenvalue weighted by Crippen LogP contribution is 1.87. The molecule has 1 amide bonds. The zero-order chi connectivity index (χ0) is 9.84. The van der Waals surface area contributed by atoms with Gasteiger partial charge in [0.05, 0.1) is 6.10 Å². The molecule has 0 fully saturated rings. The lowest BCUT2D eigenvalue weighted by molar-refractivity contribution is 0.0919. The van der Waals surface area contributed by atoms with Crippen LogP contribution in [0.5, 0.6) is 0 Å². The Bertz CT molecular complexity index is 339. The third-order valence-corrected chi connectivity index (χ3v) is 1.40. The third-order valence-electron chi connectivity index (χ3n) is 1.40.